The van der Waals surface area contributed by atoms with Crippen LogP contribution in [0.3, 0.4) is 0 Å². The fourth-order valence-corrected chi connectivity index (χ4v) is 1.88. The summed E-state index contributed by atoms with van der Waals surface area (Å²) < 4.78 is 1.67. The van der Waals surface area contributed by atoms with E-state index < -0.39 is 0 Å². The van der Waals surface area contributed by atoms with Crippen molar-refractivity contribution >= 4 is 23.2 Å². The number of aryl methyl sites for hydroxylation is 2. The predicted octanol–water partition coefficient (Wildman–Crippen LogP) is 2.72. The van der Waals surface area contributed by atoms with Crippen molar-refractivity contribution < 1.29 is 4.79 Å². The number of rotatable bonds is 3. The predicted molar refractivity (Wildman–Crippen MR) is 71.9 cm³/mol. The summed E-state index contributed by atoms with van der Waals surface area (Å²) in [4.78, 5) is 12.1. The lowest BCUT2D eigenvalue weighted by molar-refractivity contribution is 0.102. The van der Waals surface area contributed by atoms with Crippen molar-refractivity contribution in [2.75, 3.05) is 5.32 Å². The average molecular weight is 264 g/mol. The topological polar surface area (TPSA) is 46.9 Å². The van der Waals surface area contributed by atoms with Crippen LogP contribution in [0.2, 0.25) is 0 Å². The van der Waals surface area contributed by atoms with Crippen LogP contribution in [0.15, 0.2) is 30.5 Å². The third-order valence-corrected chi connectivity index (χ3v) is 2.91. The Kier molecular flexibility index (Phi) is 3.67. The molecule has 0 aliphatic rings. The van der Waals surface area contributed by atoms with Gasteiger partial charge in [0.1, 0.15) is 0 Å². The molecule has 1 N–H and O–H groups in total. The highest BCUT2D eigenvalue weighted by molar-refractivity contribution is 6.17. The number of aromatic nitrogens is 2. The molecule has 0 unspecified atom stereocenters. The molecule has 0 atom stereocenters. The largest absolute Gasteiger partial charge is 0.319 e. The fraction of sp³-hybridized carbons (Fsp3) is 0.231. The lowest BCUT2D eigenvalue weighted by atomic mass is 10.1. The average Bonchev–Trinajstić information content (AvgIpc) is 2.68. The second-order valence-corrected chi connectivity index (χ2v) is 4.36. The van der Waals surface area contributed by atoms with Crippen molar-refractivity contribution in [1.29, 1.82) is 0 Å². The van der Waals surface area contributed by atoms with Crippen LogP contribution in [0.25, 0.3) is 0 Å². The lowest BCUT2D eigenvalue weighted by Crippen LogP contribution is -2.12. The molecule has 4 nitrogen and oxygen atoms in total. The molecule has 1 aromatic carbocycles. The summed E-state index contributed by atoms with van der Waals surface area (Å²) in [7, 11) is 1.82. The van der Waals surface area contributed by atoms with E-state index in [9.17, 15) is 4.79 Å². The van der Waals surface area contributed by atoms with Gasteiger partial charge in [0.05, 0.1) is 11.4 Å². The highest BCUT2D eigenvalue weighted by Crippen LogP contribution is 2.14. The number of carbonyl (C=O) groups excluding carboxylic acids is 1. The summed E-state index contributed by atoms with van der Waals surface area (Å²) in [5, 5.41) is 7.01. The van der Waals surface area contributed by atoms with Crippen molar-refractivity contribution in [3.05, 3.63) is 47.3 Å². The van der Waals surface area contributed by atoms with Gasteiger partial charge in [-0.15, -0.1) is 11.6 Å². The van der Waals surface area contributed by atoms with Crippen LogP contribution in [0.4, 0.5) is 5.69 Å². The minimum atomic E-state index is -0.155. The smallest absolute Gasteiger partial charge is 0.255 e. The van der Waals surface area contributed by atoms with Crippen LogP contribution in [0.5, 0.6) is 0 Å². The van der Waals surface area contributed by atoms with Crippen molar-refractivity contribution in [3.8, 4) is 0 Å². The Morgan fingerprint density at radius 3 is 2.89 bits per heavy atom. The first-order chi connectivity index (χ1) is 8.60. The van der Waals surface area contributed by atoms with E-state index in [0.29, 0.717) is 11.4 Å². The number of amides is 1. The molecule has 2 aromatic rings. The molecule has 0 radical (unpaired) electrons. The molecule has 94 valence electrons. The summed E-state index contributed by atoms with van der Waals surface area (Å²) in [6.45, 7) is 1.85. The Morgan fingerprint density at radius 1 is 1.50 bits per heavy atom. The second-order valence-electron chi connectivity index (χ2n) is 4.09. The normalized spacial score (nSPS) is 10.4. The molecule has 0 aliphatic heterocycles. The van der Waals surface area contributed by atoms with Gasteiger partial charge in [0.25, 0.3) is 5.91 Å². The monoisotopic (exact) mass is 263 g/mol. The van der Waals surface area contributed by atoms with Crippen LogP contribution in [0.1, 0.15) is 21.6 Å². The molecule has 0 bridgehead atoms. The summed E-state index contributed by atoms with van der Waals surface area (Å²) >= 11 is 5.75. The number of carbonyl (C=O) groups is 1. The van der Waals surface area contributed by atoms with Crippen molar-refractivity contribution in [1.82, 2.24) is 9.78 Å². The van der Waals surface area contributed by atoms with E-state index in [4.69, 9.17) is 11.6 Å². The van der Waals surface area contributed by atoms with Gasteiger partial charge >= 0.3 is 0 Å². The molecule has 1 amide bonds. The quantitative estimate of drug-likeness (QED) is 0.866. The van der Waals surface area contributed by atoms with Crippen molar-refractivity contribution in [2.45, 2.75) is 12.8 Å². The Balaban J connectivity index is 2.19. The first-order valence-corrected chi connectivity index (χ1v) is 6.10. The first-order valence-electron chi connectivity index (χ1n) is 5.56. The van der Waals surface area contributed by atoms with Crippen molar-refractivity contribution in [3.63, 3.8) is 0 Å². The van der Waals surface area contributed by atoms with Crippen molar-refractivity contribution in [2.24, 2.45) is 7.05 Å². The number of anilines is 1. The third-order valence-electron chi connectivity index (χ3n) is 2.61. The highest BCUT2D eigenvalue weighted by atomic mass is 35.5. The zero-order valence-corrected chi connectivity index (χ0v) is 11.0. The standard InChI is InChI=1S/C13H14ClN3O/c1-9-12(8-17(2)16-9)15-13(18)11-5-3-4-10(6-11)7-14/h3-6,8H,7H2,1-2H3,(H,15,18). The van der Waals surface area contributed by atoms with Crippen LogP contribution >= 0.6 is 11.6 Å². The summed E-state index contributed by atoms with van der Waals surface area (Å²) in [6.07, 6.45) is 1.78. The minimum Gasteiger partial charge on any atom is -0.319 e. The van der Waals surface area contributed by atoms with Crippen LogP contribution in [0, 0.1) is 6.92 Å². The molecule has 1 aromatic heterocycles. The van der Waals surface area contributed by atoms with Gasteiger partial charge in [0, 0.05) is 24.7 Å². The minimum absolute atomic E-state index is 0.155. The molecule has 0 spiro atoms. The molecule has 0 aliphatic carbocycles. The Bertz CT molecular complexity index is 577. The highest BCUT2D eigenvalue weighted by Gasteiger charge is 2.10. The van der Waals surface area contributed by atoms with Gasteiger partial charge in [-0.05, 0) is 24.6 Å². The van der Waals surface area contributed by atoms with Gasteiger partial charge in [-0.3, -0.25) is 9.48 Å². The Hall–Kier alpha value is -1.81. The van der Waals surface area contributed by atoms with Gasteiger partial charge in [-0.25, -0.2) is 0 Å². The number of nitrogens with zero attached hydrogens (tertiary/aromatic N) is 2. The molecular weight excluding hydrogens is 250 g/mol. The molecule has 0 saturated heterocycles. The van der Waals surface area contributed by atoms with E-state index in [0.717, 1.165) is 16.9 Å². The van der Waals surface area contributed by atoms with Gasteiger partial charge in [-0.1, -0.05) is 12.1 Å². The van der Waals surface area contributed by atoms with E-state index in [1.54, 1.807) is 23.0 Å². The molecule has 18 heavy (non-hydrogen) atoms. The maximum absolute atomic E-state index is 12.1. The maximum Gasteiger partial charge on any atom is 0.255 e. The van der Waals surface area contributed by atoms with E-state index in [1.165, 1.54) is 0 Å². The number of halogens is 1. The summed E-state index contributed by atoms with van der Waals surface area (Å²) in [6, 6.07) is 7.26. The molecule has 2 rings (SSSR count). The van der Waals surface area contributed by atoms with Crippen LogP contribution in [-0.2, 0) is 12.9 Å². The zero-order valence-electron chi connectivity index (χ0n) is 10.3. The zero-order chi connectivity index (χ0) is 13.1. The molecule has 5 heteroatoms. The van der Waals surface area contributed by atoms with Gasteiger partial charge < -0.3 is 5.32 Å². The van der Waals surface area contributed by atoms with E-state index in [1.807, 2.05) is 26.1 Å². The molecular formula is C13H14ClN3O. The summed E-state index contributed by atoms with van der Waals surface area (Å²) in [5.41, 5.74) is 3.03. The number of hydrogen-bond acceptors (Lipinski definition) is 2. The fourth-order valence-electron chi connectivity index (χ4n) is 1.71. The number of benzene rings is 1. The lowest BCUT2D eigenvalue weighted by Gasteiger charge is -2.04. The maximum atomic E-state index is 12.1. The van der Waals surface area contributed by atoms with E-state index in [2.05, 4.69) is 10.4 Å². The SMILES string of the molecule is Cc1nn(C)cc1NC(=O)c1cccc(CCl)c1. The van der Waals surface area contributed by atoms with Gasteiger partial charge in [-0.2, -0.15) is 5.10 Å². The number of hydrogen-bond donors (Lipinski definition) is 1. The molecule has 0 saturated carbocycles. The Labute approximate surface area is 111 Å². The van der Waals surface area contributed by atoms with Crippen LogP contribution in [-0.4, -0.2) is 15.7 Å². The van der Waals surface area contributed by atoms with E-state index in [-0.39, 0.29) is 5.91 Å². The third kappa shape index (κ3) is 2.71. The van der Waals surface area contributed by atoms with Crippen LogP contribution < -0.4 is 5.32 Å². The van der Waals surface area contributed by atoms with Gasteiger partial charge in [0.2, 0.25) is 0 Å². The Morgan fingerprint density at radius 2 is 2.28 bits per heavy atom. The number of nitrogens with one attached hydrogen (secondary N) is 1. The molecule has 1 heterocycles. The summed E-state index contributed by atoms with van der Waals surface area (Å²) in [5.74, 6) is 0.241. The number of alkyl halides is 1. The first kappa shape index (κ1) is 12.6. The van der Waals surface area contributed by atoms with Gasteiger partial charge in [0.15, 0.2) is 0 Å². The second kappa shape index (κ2) is 5.23. The molecule has 0 fully saturated rings. The van der Waals surface area contributed by atoms with E-state index >= 15 is 0 Å².